The minimum absolute atomic E-state index is 0.177. The molecule has 0 amide bonds. The zero-order valence-corrected chi connectivity index (χ0v) is 19.0. The topological polar surface area (TPSA) is 106 Å². The summed E-state index contributed by atoms with van der Waals surface area (Å²) in [5.74, 6) is 1.60. The SMILES string of the molecule is Cn1ncc2c(=O)n(CC3(O)CCN(Cc4ccc(Oc5ccc(O)cc5)cc4)CC3)cnc21. The number of aliphatic hydroxyl groups is 1. The van der Waals surface area contributed by atoms with Gasteiger partial charge in [0.05, 0.1) is 18.3 Å². The number of nitrogens with zero attached hydrogens (tertiary/aromatic N) is 5. The van der Waals surface area contributed by atoms with E-state index in [-0.39, 0.29) is 17.9 Å². The maximum absolute atomic E-state index is 12.7. The second kappa shape index (κ2) is 8.92. The molecule has 1 fully saturated rings. The van der Waals surface area contributed by atoms with Gasteiger partial charge >= 0.3 is 0 Å². The Morgan fingerprint density at radius 2 is 1.68 bits per heavy atom. The third-order valence-corrected chi connectivity index (χ3v) is 6.37. The molecular formula is C25H27N5O4. The summed E-state index contributed by atoms with van der Waals surface area (Å²) in [6.45, 7) is 2.47. The minimum atomic E-state index is -0.945. The van der Waals surface area contributed by atoms with Gasteiger partial charge in [-0.1, -0.05) is 12.1 Å². The maximum Gasteiger partial charge on any atom is 0.264 e. The standard InChI is InChI=1S/C25H27N5O4/c1-28-23-22(14-27-28)24(32)30(17-26-23)16-25(33)10-12-29(13-11-25)15-18-2-6-20(7-3-18)34-21-8-4-19(31)5-9-21/h2-9,14,17,31,33H,10-13,15-16H2,1H3. The van der Waals surface area contributed by atoms with Gasteiger partial charge in [-0.15, -0.1) is 0 Å². The number of fused-ring (bicyclic) bond motifs is 1. The largest absolute Gasteiger partial charge is 0.508 e. The molecule has 0 radical (unpaired) electrons. The van der Waals surface area contributed by atoms with E-state index in [0.29, 0.717) is 29.6 Å². The van der Waals surface area contributed by atoms with Crippen molar-refractivity contribution >= 4 is 11.0 Å². The Bertz CT molecular complexity index is 1340. The van der Waals surface area contributed by atoms with Crippen molar-refractivity contribution in [2.24, 2.45) is 7.05 Å². The zero-order chi connectivity index (χ0) is 23.7. The molecule has 176 valence electrons. The lowest BCUT2D eigenvalue weighted by atomic mass is 9.91. The van der Waals surface area contributed by atoms with Crippen LogP contribution in [-0.2, 0) is 20.1 Å². The Labute approximate surface area is 196 Å². The van der Waals surface area contributed by atoms with Gasteiger partial charge in [-0.25, -0.2) is 4.98 Å². The number of aryl methyl sites for hydroxylation is 1. The van der Waals surface area contributed by atoms with E-state index in [1.807, 2.05) is 24.3 Å². The van der Waals surface area contributed by atoms with Gasteiger partial charge in [-0.2, -0.15) is 5.10 Å². The molecule has 1 saturated heterocycles. The van der Waals surface area contributed by atoms with Gasteiger partial charge in [0, 0.05) is 26.7 Å². The van der Waals surface area contributed by atoms with Crippen LogP contribution in [0.4, 0.5) is 0 Å². The molecule has 2 aromatic heterocycles. The van der Waals surface area contributed by atoms with Crippen LogP contribution in [0.1, 0.15) is 18.4 Å². The molecule has 0 aliphatic carbocycles. The third-order valence-electron chi connectivity index (χ3n) is 6.37. The van der Waals surface area contributed by atoms with E-state index in [1.165, 1.54) is 17.1 Å². The predicted molar refractivity (Wildman–Crippen MR) is 127 cm³/mol. The number of rotatable bonds is 6. The van der Waals surface area contributed by atoms with E-state index >= 15 is 0 Å². The van der Waals surface area contributed by atoms with Gasteiger partial charge in [0.1, 0.15) is 29.0 Å². The lowest BCUT2D eigenvalue weighted by molar-refractivity contribution is -0.0364. The zero-order valence-electron chi connectivity index (χ0n) is 19.0. The molecule has 2 N–H and O–H groups in total. The van der Waals surface area contributed by atoms with Crippen LogP contribution < -0.4 is 10.3 Å². The van der Waals surface area contributed by atoms with E-state index in [9.17, 15) is 15.0 Å². The lowest BCUT2D eigenvalue weighted by Gasteiger charge is -2.38. The van der Waals surface area contributed by atoms with Gasteiger partial charge in [0.2, 0.25) is 0 Å². The first-order valence-corrected chi connectivity index (χ1v) is 11.3. The second-order valence-electron chi connectivity index (χ2n) is 8.92. The highest BCUT2D eigenvalue weighted by molar-refractivity contribution is 5.72. The minimum Gasteiger partial charge on any atom is -0.508 e. The quantitative estimate of drug-likeness (QED) is 0.455. The molecule has 2 aromatic carbocycles. The first-order valence-electron chi connectivity index (χ1n) is 11.3. The summed E-state index contributed by atoms with van der Waals surface area (Å²) in [6.07, 6.45) is 4.17. The van der Waals surface area contributed by atoms with Crippen molar-refractivity contribution in [1.82, 2.24) is 24.2 Å². The number of hydrogen-bond acceptors (Lipinski definition) is 7. The number of aromatic nitrogens is 4. The van der Waals surface area contributed by atoms with Crippen molar-refractivity contribution in [3.05, 3.63) is 77.0 Å². The Morgan fingerprint density at radius 3 is 2.35 bits per heavy atom. The van der Waals surface area contributed by atoms with Gasteiger partial charge in [0.25, 0.3) is 5.56 Å². The number of piperidine rings is 1. The highest BCUT2D eigenvalue weighted by Crippen LogP contribution is 2.27. The summed E-state index contributed by atoms with van der Waals surface area (Å²) in [6, 6.07) is 14.5. The Balaban J connectivity index is 1.17. The van der Waals surface area contributed by atoms with Crippen LogP contribution in [0.3, 0.4) is 0 Å². The van der Waals surface area contributed by atoms with Crippen molar-refractivity contribution in [1.29, 1.82) is 0 Å². The molecule has 0 saturated carbocycles. The number of phenols is 1. The number of hydrogen-bond donors (Lipinski definition) is 2. The van der Waals surface area contributed by atoms with Gasteiger partial charge in [0.15, 0.2) is 5.65 Å². The van der Waals surface area contributed by atoms with Gasteiger partial charge < -0.3 is 14.9 Å². The van der Waals surface area contributed by atoms with Crippen molar-refractivity contribution < 1.29 is 14.9 Å². The summed E-state index contributed by atoms with van der Waals surface area (Å²) >= 11 is 0. The number of aromatic hydroxyl groups is 1. The van der Waals surface area contributed by atoms with Crippen LogP contribution in [0.5, 0.6) is 17.2 Å². The number of benzene rings is 2. The average molecular weight is 462 g/mol. The first kappa shape index (κ1) is 22.1. The molecule has 3 heterocycles. The molecule has 4 aromatic rings. The summed E-state index contributed by atoms with van der Waals surface area (Å²) < 4.78 is 8.87. The monoisotopic (exact) mass is 461 g/mol. The first-order chi connectivity index (χ1) is 16.4. The Kier molecular flexibility index (Phi) is 5.80. The van der Waals surface area contributed by atoms with Crippen molar-refractivity contribution in [3.63, 3.8) is 0 Å². The van der Waals surface area contributed by atoms with Crippen molar-refractivity contribution in [2.45, 2.75) is 31.5 Å². The van der Waals surface area contributed by atoms with Crippen LogP contribution in [-0.4, -0.2) is 53.1 Å². The van der Waals surface area contributed by atoms with E-state index in [4.69, 9.17) is 4.74 Å². The fraction of sp³-hybridized carbons (Fsp3) is 0.320. The maximum atomic E-state index is 12.7. The van der Waals surface area contributed by atoms with Gasteiger partial charge in [-0.3, -0.25) is 18.9 Å². The van der Waals surface area contributed by atoms with Crippen LogP contribution in [0, 0.1) is 0 Å². The van der Waals surface area contributed by atoms with Crippen LogP contribution in [0.15, 0.2) is 65.8 Å². The number of ether oxygens (including phenoxy) is 1. The smallest absolute Gasteiger partial charge is 0.264 e. The second-order valence-corrected chi connectivity index (χ2v) is 8.92. The van der Waals surface area contributed by atoms with Gasteiger partial charge in [-0.05, 0) is 54.8 Å². The van der Waals surface area contributed by atoms with E-state index in [1.54, 1.807) is 36.0 Å². The van der Waals surface area contributed by atoms with E-state index in [2.05, 4.69) is 15.0 Å². The highest BCUT2D eigenvalue weighted by Gasteiger charge is 2.33. The lowest BCUT2D eigenvalue weighted by Crippen LogP contribution is -2.47. The molecule has 9 nitrogen and oxygen atoms in total. The molecule has 0 atom stereocenters. The molecule has 5 rings (SSSR count). The predicted octanol–water partition coefficient (Wildman–Crippen LogP) is 2.66. The van der Waals surface area contributed by atoms with Crippen LogP contribution in [0.2, 0.25) is 0 Å². The van der Waals surface area contributed by atoms with E-state index in [0.717, 1.165) is 30.9 Å². The summed E-state index contributed by atoms with van der Waals surface area (Å²) in [5.41, 5.74) is 0.580. The van der Waals surface area contributed by atoms with E-state index < -0.39 is 5.60 Å². The van der Waals surface area contributed by atoms with Crippen molar-refractivity contribution in [3.8, 4) is 17.2 Å². The summed E-state index contributed by atoms with van der Waals surface area (Å²) in [4.78, 5) is 19.4. The Morgan fingerprint density at radius 1 is 1.03 bits per heavy atom. The van der Waals surface area contributed by atoms with Crippen LogP contribution in [0.25, 0.3) is 11.0 Å². The van der Waals surface area contributed by atoms with Crippen LogP contribution >= 0.6 is 0 Å². The fourth-order valence-corrected chi connectivity index (χ4v) is 4.35. The summed E-state index contributed by atoms with van der Waals surface area (Å²) in [7, 11) is 1.75. The molecule has 0 bridgehead atoms. The number of phenolic OH excluding ortho intramolecular Hbond substituents is 1. The molecule has 0 unspecified atom stereocenters. The molecule has 9 heteroatoms. The molecule has 0 spiro atoms. The molecule has 1 aliphatic heterocycles. The average Bonchev–Trinajstić information content (AvgIpc) is 3.21. The molecular weight excluding hydrogens is 434 g/mol. The highest BCUT2D eigenvalue weighted by atomic mass is 16.5. The molecule has 34 heavy (non-hydrogen) atoms. The summed E-state index contributed by atoms with van der Waals surface area (Å²) in [5, 5.41) is 25.1. The fourth-order valence-electron chi connectivity index (χ4n) is 4.35. The molecule has 1 aliphatic rings. The Hall–Kier alpha value is -3.69. The normalized spacial score (nSPS) is 16.1. The number of likely N-dealkylation sites (tertiary alicyclic amines) is 1. The van der Waals surface area contributed by atoms with Crippen molar-refractivity contribution in [2.75, 3.05) is 13.1 Å². The third kappa shape index (κ3) is 4.66.